The van der Waals surface area contributed by atoms with Crippen LogP contribution in [0.1, 0.15) is 10.5 Å². The monoisotopic (exact) mass is 261 g/mol. The van der Waals surface area contributed by atoms with E-state index >= 15 is 0 Å². The first-order chi connectivity index (χ1) is 7.72. The molecule has 0 aliphatic rings. The fourth-order valence-corrected chi connectivity index (χ4v) is 0.929. The molecule has 1 rings (SSSR count). The Bertz CT molecular complexity index is 486. The number of nitrogens with one attached hydrogen (secondary N) is 1. The summed E-state index contributed by atoms with van der Waals surface area (Å²) in [6, 6.07) is 3.83. The predicted octanol–water partition coefficient (Wildman–Crippen LogP) is -1.96. The van der Waals surface area contributed by atoms with E-state index in [2.05, 4.69) is 15.9 Å². The summed E-state index contributed by atoms with van der Waals surface area (Å²) >= 11 is 0. The highest BCUT2D eigenvalue weighted by atomic mass is 32.2. The number of hydrogen-bond donors (Lipinski definition) is 4. The van der Waals surface area contributed by atoms with Gasteiger partial charge in [0.2, 0.25) is 0 Å². The van der Waals surface area contributed by atoms with Gasteiger partial charge in [0.25, 0.3) is 16.1 Å². The minimum atomic E-state index is -3.95. The molecule has 0 aromatic carbocycles. The molecule has 0 radical (unpaired) electrons. The van der Waals surface area contributed by atoms with Crippen molar-refractivity contribution in [2.24, 2.45) is 16.6 Å². The summed E-state index contributed by atoms with van der Waals surface area (Å²) in [5.74, 6) is -0.490. The summed E-state index contributed by atoms with van der Waals surface area (Å²) in [6.07, 6.45) is 1.53. The van der Waals surface area contributed by atoms with Gasteiger partial charge in [0, 0.05) is 6.20 Å². The first-order valence-corrected chi connectivity index (χ1v) is 5.58. The maximum absolute atomic E-state index is 10.4. The SMILES string of the molecule is NC(=O)NS(N)(=O)=O.NC(=O)c1ccccn1. The van der Waals surface area contributed by atoms with Gasteiger partial charge in [0.15, 0.2) is 0 Å². The molecule has 10 heteroatoms. The number of aromatic nitrogens is 1. The molecule has 0 aliphatic heterocycles. The molecule has 94 valence electrons. The summed E-state index contributed by atoms with van der Waals surface area (Å²) in [5, 5.41) is 4.30. The average molecular weight is 261 g/mol. The van der Waals surface area contributed by atoms with Gasteiger partial charge < -0.3 is 11.5 Å². The third-order valence-electron chi connectivity index (χ3n) is 1.16. The molecule has 0 fully saturated rings. The van der Waals surface area contributed by atoms with E-state index in [4.69, 9.17) is 5.73 Å². The lowest BCUT2D eigenvalue weighted by Gasteiger charge is -1.92. The second kappa shape index (κ2) is 6.40. The molecule has 0 spiro atoms. The fraction of sp³-hybridized carbons (Fsp3) is 0. The Morgan fingerprint density at radius 1 is 1.24 bits per heavy atom. The van der Waals surface area contributed by atoms with Crippen molar-refractivity contribution in [2.45, 2.75) is 0 Å². The molecule has 0 aliphatic carbocycles. The van der Waals surface area contributed by atoms with E-state index in [-0.39, 0.29) is 0 Å². The van der Waals surface area contributed by atoms with Crippen molar-refractivity contribution >= 4 is 22.1 Å². The van der Waals surface area contributed by atoms with E-state index in [0.29, 0.717) is 5.69 Å². The average Bonchev–Trinajstić information content (AvgIpc) is 2.16. The maximum atomic E-state index is 10.4. The van der Waals surface area contributed by atoms with Gasteiger partial charge in [-0.15, -0.1) is 0 Å². The zero-order valence-corrected chi connectivity index (χ0v) is 9.35. The summed E-state index contributed by atoms with van der Waals surface area (Å²) in [7, 11) is -3.95. The smallest absolute Gasteiger partial charge is 0.326 e. The predicted molar refractivity (Wildman–Crippen MR) is 58.6 cm³/mol. The van der Waals surface area contributed by atoms with Crippen LogP contribution in [0.15, 0.2) is 24.4 Å². The molecular formula is C7H11N5O4S. The molecule has 0 atom stereocenters. The highest BCUT2D eigenvalue weighted by Crippen LogP contribution is 1.88. The third kappa shape index (κ3) is 8.77. The fourth-order valence-electron chi connectivity index (χ4n) is 0.649. The van der Waals surface area contributed by atoms with Gasteiger partial charge in [-0.3, -0.25) is 9.78 Å². The first kappa shape index (κ1) is 14.8. The number of nitrogens with zero attached hydrogens (tertiary/aromatic N) is 1. The topological polar surface area (TPSA) is 171 Å². The molecule has 1 aromatic heterocycles. The quantitative estimate of drug-likeness (QED) is 0.483. The molecule has 7 N–H and O–H groups in total. The summed E-state index contributed by atoms with van der Waals surface area (Å²) in [4.78, 5) is 23.7. The van der Waals surface area contributed by atoms with E-state index < -0.39 is 22.1 Å². The van der Waals surface area contributed by atoms with Gasteiger partial charge in [-0.1, -0.05) is 6.07 Å². The number of carbonyl (C=O) groups is 2. The zero-order valence-electron chi connectivity index (χ0n) is 8.53. The van der Waals surface area contributed by atoms with Gasteiger partial charge in [0.1, 0.15) is 5.69 Å². The second-order valence-corrected chi connectivity index (χ2v) is 3.88. The number of nitrogens with two attached hydrogens (primary N) is 3. The van der Waals surface area contributed by atoms with Crippen LogP contribution in [0.5, 0.6) is 0 Å². The standard InChI is InChI=1S/C6H6N2O.CH5N3O3S/c7-6(9)5-3-1-2-4-8-5;2-1(5)4-8(3,6)7/h1-4H,(H2,7,9);(H3,2,4,5)(H2,3,6,7). The number of amides is 3. The minimum absolute atomic E-state index is 0.303. The summed E-state index contributed by atoms with van der Waals surface area (Å²) in [6.45, 7) is 0. The van der Waals surface area contributed by atoms with Crippen molar-refractivity contribution in [1.82, 2.24) is 9.71 Å². The molecule has 0 saturated heterocycles. The number of urea groups is 1. The Hall–Kier alpha value is -2.20. The van der Waals surface area contributed by atoms with E-state index in [1.165, 1.54) is 10.9 Å². The largest absolute Gasteiger partial charge is 0.364 e. The van der Waals surface area contributed by atoms with Crippen LogP contribution < -0.4 is 21.3 Å². The molecule has 17 heavy (non-hydrogen) atoms. The highest BCUT2D eigenvalue weighted by Gasteiger charge is 2.01. The normalized spacial score (nSPS) is 9.71. The Morgan fingerprint density at radius 2 is 1.82 bits per heavy atom. The lowest BCUT2D eigenvalue weighted by atomic mass is 10.3. The van der Waals surface area contributed by atoms with E-state index in [0.717, 1.165) is 0 Å². The summed E-state index contributed by atoms with van der Waals surface area (Å²) < 4.78 is 20.9. The van der Waals surface area contributed by atoms with Crippen LogP contribution >= 0.6 is 0 Å². The molecule has 9 nitrogen and oxygen atoms in total. The van der Waals surface area contributed by atoms with E-state index in [1.807, 2.05) is 0 Å². The summed E-state index contributed by atoms with van der Waals surface area (Å²) in [5.41, 5.74) is 9.58. The Balaban J connectivity index is 0.000000304. The molecule has 0 unspecified atom stereocenters. The zero-order chi connectivity index (χ0) is 13.5. The Labute approximate surface area is 97.2 Å². The highest BCUT2D eigenvalue weighted by molar-refractivity contribution is 7.87. The Morgan fingerprint density at radius 3 is 2.00 bits per heavy atom. The molecule has 1 aromatic rings. The van der Waals surface area contributed by atoms with Gasteiger partial charge in [-0.2, -0.15) is 8.42 Å². The number of pyridine rings is 1. The van der Waals surface area contributed by atoms with Gasteiger partial charge in [-0.05, 0) is 12.1 Å². The molecule has 3 amide bonds. The number of rotatable bonds is 2. The van der Waals surface area contributed by atoms with Crippen LogP contribution in [0.3, 0.4) is 0 Å². The minimum Gasteiger partial charge on any atom is -0.364 e. The van der Waals surface area contributed by atoms with Crippen molar-refractivity contribution in [3.63, 3.8) is 0 Å². The van der Waals surface area contributed by atoms with Crippen molar-refractivity contribution in [2.75, 3.05) is 0 Å². The maximum Gasteiger partial charge on any atom is 0.326 e. The van der Waals surface area contributed by atoms with E-state index in [9.17, 15) is 18.0 Å². The second-order valence-electron chi connectivity index (χ2n) is 2.59. The third-order valence-corrected chi connectivity index (χ3v) is 1.65. The van der Waals surface area contributed by atoms with Crippen LogP contribution in [0, 0.1) is 0 Å². The van der Waals surface area contributed by atoms with E-state index in [1.54, 1.807) is 18.2 Å². The van der Waals surface area contributed by atoms with Gasteiger partial charge in [0.05, 0.1) is 0 Å². The lowest BCUT2D eigenvalue weighted by Crippen LogP contribution is -2.39. The van der Waals surface area contributed by atoms with Crippen LogP contribution in [-0.4, -0.2) is 25.3 Å². The van der Waals surface area contributed by atoms with Gasteiger partial charge >= 0.3 is 6.03 Å². The number of carbonyl (C=O) groups excluding carboxylic acids is 2. The lowest BCUT2D eigenvalue weighted by molar-refractivity contribution is 0.0995. The molecule has 0 bridgehead atoms. The number of primary amides is 2. The Kier molecular flexibility index (Phi) is 5.57. The van der Waals surface area contributed by atoms with Crippen LogP contribution in [0.4, 0.5) is 4.79 Å². The van der Waals surface area contributed by atoms with Crippen molar-refractivity contribution < 1.29 is 18.0 Å². The molecule has 1 heterocycles. The number of hydrogen-bond acceptors (Lipinski definition) is 5. The van der Waals surface area contributed by atoms with Crippen molar-refractivity contribution in [1.29, 1.82) is 0 Å². The van der Waals surface area contributed by atoms with Gasteiger partial charge in [-0.25, -0.2) is 14.7 Å². The van der Waals surface area contributed by atoms with Crippen molar-refractivity contribution in [3.05, 3.63) is 30.1 Å². The first-order valence-electron chi connectivity index (χ1n) is 4.03. The van der Waals surface area contributed by atoms with Crippen LogP contribution in [-0.2, 0) is 10.2 Å². The van der Waals surface area contributed by atoms with Crippen molar-refractivity contribution in [3.8, 4) is 0 Å². The van der Waals surface area contributed by atoms with Crippen LogP contribution in [0.25, 0.3) is 0 Å². The molecule has 0 saturated carbocycles. The van der Waals surface area contributed by atoms with Crippen LogP contribution in [0.2, 0.25) is 0 Å². The molecular weight excluding hydrogens is 250 g/mol.